The lowest BCUT2D eigenvalue weighted by Gasteiger charge is -2.19. The Morgan fingerprint density at radius 2 is 1.89 bits per heavy atom. The van der Waals surface area contributed by atoms with Gasteiger partial charge in [0.05, 0.1) is 16.7 Å². The summed E-state index contributed by atoms with van der Waals surface area (Å²) < 4.78 is 27.4. The van der Waals surface area contributed by atoms with Gasteiger partial charge in [-0.1, -0.05) is 25.1 Å². The van der Waals surface area contributed by atoms with Crippen LogP contribution in [-0.4, -0.2) is 33.5 Å². The summed E-state index contributed by atoms with van der Waals surface area (Å²) >= 11 is 1.35. The number of thiophene rings is 1. The molecule has 0 amide bonds. The summed E-state index contributed by atoms with van der Waals surface area (Å²) in [6.45, 7) is 1.67. The molecule has 1 fully saturated rings. The van der Waals surface area contributed by atoms with Crippen LogP contribution in [0.5, 0.6) is 0 Å². The average Bonchev–Trinajstić information content (AvgIpc) is 3.44. The first-order valence-electron chi connectivity index (χ1n) is 9.33. The average molecular weight is 416 g/mol. The summed E-state index contributed by atoms with van der Waals surface area (Å²) in [5.41, 5.74) is 2.46. The number of hydrogen-bond acceptors (Lipinski definition) is 5. The molecule has 0 N–H and O–H groups in total. The molecule has 4 rings (SSSR count). The number of anilines is 1. The number of nitrogens with zero attached hydrogens (tertiary/aromatic N) is 2. The van der Waals surface area contributed by atoms with E-state index in [0.717, 1.165) is 46.0 Å². The fraction of sp³-hybridized carbons (Fsp3) is 0.333. The number of pyridine rings is 1. The normalized spacial score (nSPS) is 14.4. The van der Waals surface area contributed by atoms with E-state index < -0.39 is 9.84 Å². The number of aromatic nitrogens is 1. The Bertz CT molecular complexity index is 1180. The Balaban J connectivity index is 2.02. The molecule has 7 heteroatoms. The van der Waals surface area contributed by atoms with Crippen LogP contribution in [0.25, 0.3) is 21.9 Å². The van der Waals surface area contributed by atoms with Crippen LogP contribution in [0.15, 0.2) is 40.7 Å². The second-order valence-corrected chi connectivity index (χ2v) is 10.8. The van der Waals surface area contributed by atoms with Crippen LogP contribution < -0.4 is 9.47 Å². The molecule has 1 aliphatic carbocycles. The van der Waals surface area contributed by atoms with Gasteiger partial charge in [0, 0.05) is 24.0 Å². The number of hydrogen-bond donors (Lipinski definition) is 0. The van der Waals surface area contributed by atoms with Gasteiger partial charge in [0.15, 0.2) is 16.0 Å². The highest BCUT2D eigenvalue weighted by Gasteiger charge is 2.32. The maximum atomic E-state index is 12.6. The number of sulfone groups is 1. The lowest BCUT2D eigenvalue weighted by atomic mass is 10.00. The van der Waals surface area contributed by atoms with Crippen molar-refractivity contribution in [3.8, 4) is 11.1 Å². The standard InChI is InChI=1S/C21H23N2O3S2/c1-4-28(25,26)20-11-17(21(27-20)23(3)14-9-10-14)18-12-22(2)19(13-24)16-8-6-5-7-15(16)18/h5-8,11-14H,4,9-10H2,1-3H3/q+1. The molecule has 0 radical (unpaired) electrons. The van der Waals surface area contributed by atoms with Gasteiger partial charge in [0.2, 0.25) is 6.29 Å². The smallest absolute Gasteiger partial charge is 0.253 e. The lowest BCUT2D eigenvalue weighted by molar-refractivity contribution is -0.671. The molecule has 0 saturated heterocycles. The zero-order valence-electron chi connectivity index (χ0n) is 16.2. The van der Waals surface area contributed by atoms with Crippen molar-refractivity contribution in [1.29, 1.82) is 0 Å². The van der Waals surface area contributed by atoms with E-state index in [1.54, 1.807) is 13.0 Å². The van der Waals surface area contributed by atoms with Crippen LogP contribution in [-0.2, 0) is 16.9 Å². The number of carbonyl (C=O) groups is 1. The van der Waals surface area contributed by atoms with Gasteiger partial charge >= 0.3 is 0 Å². The number of aryl methyl sites for hydroxylation is 1. The molecule has 1 saturated carbocycles. The molecule has 5 nitrogen and oxygen atoms in total. The monoisotopic (exact) mass is 415 g/mol. The van der Waals surface area contributed by atoms with Crippen molar-refractivity contribution in [1.82, 2.24) is 0 Å². The van der Waals surface area contributed by atoms with Crippen LogP contribution in [0.4, 0.5) is 5.00 Å². The molecule has 2 heterocycles. The highest BCUT2D eigenvalue weighted by Crippen LogP contribution is 2.45. The molecule has 0 aliphatic heterocycles. The van der Waals surface area contributed by atoms with Crippen LogP contribution >= 0.6 is 11.3 Å². The van der Waals surface area contributed by atoms with Crippen molar-refractivity contribution in [3.63, 3.8) is 0 Å². The molecule has 28 heavy (non-hydrogen) atoms. The topological polar surface area (TPSA) is 58.3 Å². The highest BCUT2D eigenvalue weighted by atomic mass is 32.2. The predicted octanol–water partition coefficient (Wildman–Crippen LogP) is 3.60. The number of fused-ring (bicyclic) bond motifs is 1. The van der Waals surface area contributed by atoms with Gasteiger partial charge in [0.1, 0.15) is 16.3 Å². The molecule has 146 valence electrons. The Hall–Kier alpha value is -2.25. The summed E-state index contributed by atoms with van der Waals surface area (Å²) in [7, 11) is 0.592. The van der Waals surface area contributed by atoms with Gasteiger partial charge in [0.25, 0.3) is 5.69 Å². The van der Waals surface area contributed by atoms with E-state index in [2.05, 4.69) is 4.90 Å². The first kappa shape index (κ1) is 19.1. The Morgan fingerprint density at radius 1 is 1.21 bits per heavy atom. The van der Waals surface area contributed by atoms with Gasteiger partial charge in [-0.3, -0.25) is 4.79 Å². The summed E-state index contributed by atoms with van der Waals surface area (Å²) in [6, 6.07) is 10.1. The van der Waals surface area contributed by atoms with Gasteiger partial charge < -0.3 is 4.90 Å². The van der Waals surface area contributed by atoms with Crippen LogP contribution in [0.3, 0.4) is 0 Å². The van der Waals surface area contributed by atoms with Crippen molar-refractivity contribution in [2.45, 2.75) is 30.0 Å². The third kappa shape index (κ3) is 3.12. The lowest BCUT2D eigenvalue weighted by Crippen LogP contribution is -2.33. The van der Waals surface area contributed by atoms with Crippen molar-refractivity contribution in [2.24, 2.45) is 7.05 Å². The van der Waals surface area contributed by atoms with E-state index in [0.29, 0.717) is 15.9 Å². The third-order valence-electron chi connectivity index (χ3n) is 5.39. The van der Waals surface area contributed by atoms with Crippen molar-refractivity contribution >= 4 is 43.2 Å². The minimum atomic E-state index is -3.29. The first-order valence-corrected chi connectivity index (χ1v) is 11.8. The molecular weight excluding hydrogens is 392 g/mol. The maximum absolute atomic E-state index is 12.6. The fourth-order valence-electron chi connectivity index (χ4n) is 3.56. The van der Waals surface area contributed by atoms with E-state index in [1.165, 1.54) is 11.3 Å². The minimum Gasteiger partial charge on any atom is -0.363 e. The van der Waals surface area contributed by atoms with E-state index >= 15 is 0 Å². The van der Waals surface area contributed by atoms with Gasteiger partial charge in [-0.2, -0.15) is 4.57 Å². The first-order chi connectivity index (χ1) is 13.4. The van der Waals surface area contributed by atoms with E-state index in [1.807, 2.05) is 49.1 Å². The van der Waals surface area contributed by atoms with Gasteiger partial charge in [-0.05, 0) is 25.0 Å². The fourth-order valence-corrected chi connectivity index (χ4v) is 6.18. The van der Waals surface area contributed by atoms with Crippen molar-refractivity contribution in [3.05, 3.63) is 42.2 Å². The molecule has 2 aromatic heterocycles. The number of carbonyl (C=O) groups excluding carboxylic acids is 1. The van der Waals surface area contributed by atoms with E-state index in [9.17, 15) is 13.2 Å². The van der Waals surface area contributed by atoms with Gasteiger partial charge in [-0.15, -0.1) is 11.3 Å². The van der Waals surface area contributed by atoms with Crippen molar-refractivity contribution < 1.29 is 17.8 Å². The van der Waals surface area contributed by atoms with Crippen LogP contribution in [0.2, 0.25) is 0 Å². The summed E-state index contributed by atoms with van der Waals surface area (Å²) in [5.74, 6) is 0.0815. The molecule has 3 aromatic rings. The Kier molecular flexibility index (Phi) is 4.75. The molecule has 0 atom stereocenters. The number of benzene rings is 1. The van der Waals surface area contributed by atoms with Crippen LogP contribution in [0, 0.1) is 0 Å². The van der Waals surface area contributed by atoms with Gasteiger partial charge in [-0.25, -0.2) is 8.42 Å². The quantitative estimate of drug-likeness (QED) is 0.456. The number of aldehydes is 1. The zero-order chi connectivity index (χ0) is 20.1. The Morgan fingerprint density at radius 3 is 2.50 bits per heavy atom. The maximum Gasteiger partial charge on any atom is 0.253 e. The van der Waals surface area contributed by atoms with E-state index in [4.69, 9.17) is 0 Å². The molecular formula is C21H23N2O3S2+. The number of rotatable bonds is 6. The second-order valence-electron chi connectivity index (χ2n) is 7.23. The molecule has 0 spiro atoms. The highest BCUT2D eigenvalue weighted by molar-refractivity contribution is 7.93. The predicted molar refractivity (Wildman–Crippen MR) is 113 cm³/mol. The largest absolute Gasteiger partial charge is 0.363 e. The summed E-state index contributed by atoms with van der Waals surface area (Å²) in [6.07, 6.45) is 5.05. The SMILES string of the molecule is CCS(=O)(=O)c1cc(-c2c[n+](C)c(C=O)c3ccccc23)c(N(C)C2CC2)s1. The van der Waals surface area contributed by atoms with Crippen molar-refractivity contribution in [2.75, 3.05) is 17.7 Å². The molecule has 0 bridgehead atoms. The van der Waals surface area contributed by atoms with Crippen LogP contribution in [0.1, 0.15) is 30.3 Å². The summed E-state index contributed by atoms with van der Waals surface area (Å²) in [4.78, 5) is 13.8. The van der Waals surface area contributed by atoms with E-state index in [-0.39, 0.29) is 5.75 Å². The molecule has 0 unspecified atom stereocenters. The summed E-state index contributed by atoms with van der Waals surface area (Å²) in [5, 5.41) is 2.79. The minimum absolute atomic E-state index is 0.0815. The zero-order valence-corrected chi connectivity index (χ0v) is 17.8. The molecule has 1 aliphatic rings. The third-order valence-corrected chi connectivity index (χ3v) is 8.91. The molecule has 1 aromatic carbocycles. The second kappa shape index (κ2) is 6.97. The Labute approximate surface area is 169 Å².